The van der Waals surface area contributed by atoms with E-state index >= 15 is 0 Å². The van der Waals surface area contributed by atoms with Gasteiger partial charge in [0.2, 0.25) is 0 Å². The highest BCUT2D eigenvalue weighted by atomic mass is 31.2. The number of phosphoric acid groups is 6. The van der Waals surface area contributed by atoms with E-state index in [1.54, 1.807) is 125 Å². The third-order valence-electron chi connectivity index (χ3n) is 8.92. The zero-order valence-electron chi connectivity index (χ0n) is 63.0. The van der Waals surface area contributed by atoms with E-state index in [-0.39, 0.29) is 102 Å². The van der Waals surface area contributed by atoms with Gasteiger partial charge in [0.15, 0.2) is 0 Å². The van der Waals surface area contributed by atoms with Crippen LogP contribution in [0, 0.1) is 32.5 Å². The van der Waals surface area contributed by atoms with E-state index < -0.39 is 80.5 Å². The van der Waals surface area contributed by atoms with Gasteiger partial charge < -0.3 is 83.6 Å². The van der Waals surface area contributed by atoms with Crippen LogP contribution < -0.4 is 29.4 Å². The molecule has 0 rings (SSSR count). The van der Waals surface area contributed by atoms with Crippen LogP contribution in [0.2, 0.25) is 0 Å². The average molecular weight is 1490 g/mol. The maximum absolute atomic E-state index is 11.3. The first-order chi connectivity index (χ1) is 38.5. The standard InChI is InChI=1S/6C10H23O4P.4CH4/c6*1-9(2,3)7-8-13-15(11,12)14-10(4,5)6;;;;/h6*7-8H2,1-6H3,(H,11,12);4*1H4/p-6. The van der Waals surface area contributed by atoms with Crippen LogP contribution in [0.5, 0.6) is 0 Å². The minimum Gasteiger partial charge on any atom is -0.756 e. The molecule has 0 bridgehead atoms. The predicted octanol–water partition coefficient (Wildman–Crippen LogP) is 18.9. The van der Waals surface area contributed by atoms with Gasteiger partial charge in [-0.05, 0) is 196 Å². The monoisotopic (exact) mass is 1490 g/mol. The molecule has 0 aromatic rings. The summed E-state index contributed by atoms with van der Waals surface area (Å²) in [4.78, 5) is 67.9. The summed E-state index contributed by atoms with van der Waals surface area (Å²) in [7, 11) is -24.9. The average Bonchev–Trinajstić information content (AvgIpc) is 3.09. The van der Waals surface area contributed by atoms with Gasteiger partial charge in [0.25, 0.3) is 46.9 Å². The molecule has 0 aromatic heterocycles. The van der Waals surface area contributed by atoms with Gasteiger partial charge in [-0.3, -0.25) is 27.4 Å². The Morgan fingerprint density at radius 1 is 0.191 bits per heavy atom. The lowest BCUT2D eigenvalue weighted by molar-refractivity contribution is -0.235. The highest BCUT2D eigenvalue weighted by Gasteiger charge is 2.27. The van der Waals surface area contributed by atoms with Gasteiger partial charge in [-0.15, -0.1) is 0 Å². The van der Waals surface area contributed by atoms with Gasteiger partial charge >= 0.3 is 0 Å². The third kappa shape index (κ3) is 109. The molecule has 0 aliphatic carbocycles. The molecule has 0 spiro atoms. The fourth-order valence-electron chi connectivity index (χ4n) is 4.95. The molecule has 30 heteroatoms. The quantitative estimate of drug-likeness (QED) is 0.0810. The summed E-state index contributed by atoms with van der Waals surface area (Å²) in [5.41, 5.74) is -4.08. The molecule has 0 saturated carbocycles. The van der Waals surface area contributed by atoms with Crippen LogP contribution in [0.1, 0.15) is 317 Å². The Morgan fingerprint density at radius 2 is 0.266 bits per heavy atom. The van der Waals surface area contributed by atoms with Gasteiger partial charge in [0.1, 0.15) is 0 Å². The summed E-state index contributed by atoms with van der Waals surface area (Å²) >= 11 is 0. The Kier molecular flexibility index (Phi) is 56.3. The first-order valence-electron chi connectivity index (χ1n) is 30.5. The summed E-state index contributed by atoms with van der Waals surface area (Å²) in [5.74, 6) is 0. The van der Waals surface area contributed by atoms with Crippen molar-refractivity contribution in [2.75, 3.05) is 39.6 Å². The van der Waals surface area contributed by atoms with Gasteiger partial charge in [-0.1, -0.05) is 154 Å². The van der Waals surface area contributed by atoms with Gasteiger partial charge in [0.05, 0.1) is 73.2 Å². The smallest absolute Gasteiger partial charge is 0.268 e. The first-order valence-corrected chi connectivity index (χ1v) is 39.2. The molecule has 0 heterocycles. The molecule has 0 aliphatic rings. The van der Waals surface area contributed by atoms with Crippen LogP contribution in [0.3, 0.4) is 0 Å². The summed E-state index contributed by atoms with van der Waals surface area (Å²) in [5, 5.41) is 0. The van der Waals surface area contributed by atoms with E-state index in [1.165, 1.54) is 0 Å². The highest BCUT2D eigenvalue weighted by Crippen LogP contribution is 2.48. The van der Waals surface area contributed by atoms with Crippen LogP contribution in [-0.2, 0) is 81.7 Å². The molecule has 24 nitrogen and oxygen atoms in total. The van der Waals surface area contributed by atoms with Crippen molar-refractivity contribution in [3.8, 4) is 0 Å². The Bertz CT molecular complexity index is 1830. The molecule has 584 valence electrons. The maximum atomic E-state index is 11.3. The lowest BCUT2D eigenvalue weighted by atomic mass is 9.93. The Morgan fingerprint density at radius 3 is 0.319 bits per heavy atom. The Labute approximate surface area is 578 Å². The van der Waals surface area contributed by atoms with E-state index in [1.807, 2.05) is 125 Å². The van der Waals surface area contributed by atoms with Crippen LogP contribution >= 0.6 is 46.9 Å². The van der Waals surface area contributed by atoms with E-state index in [9.17, 15) is 56.8 Å². The van der Waals surface area contributed by atoms with E-state index in [2.05, 4.69) is 0 Å². The molecule has 0 amide bonds. The molecule has 6 unspecified atom stereocenters. The van der Waals surface area contributed by atoms with Crippen LogP contribution in [-0.4, -0.2) is 73.2 Å². The largest absolute Gasteiger partial charge is 0.756 e. The Hall–Kier alpha value is 0.660. The molecule has 0 aromatic carbocycles. The molecule has 94 heavy (non-hydrogen) atoms. The number of phosphoric ester groups is 6. The second-order valence-corrected chi connectivity index (χ2v) is 42.8. The molecule has 0 saturated heterocycles. The van der Waals surface area contributed by atoms with E-state index in [4.69, 9.17) is 54.3 Å². The Balaban J connectivity index is -0.000000112. The fraction of sp³-hybridized carbons (Fsp3) is 1.00. The van der Waals surface area contributed by atoms with Crippen LogP contribution in [0.4, 0.5) is 0 Å². The molecular weight excluding hydrogens is 1340 g/mol. The highest BCUT2D eigenvalue weighted by molar-refractivity contribution is 7.47. The second kappa shape index (κ2) is 45.7. The van der Waals surface area contributed by atoms with Crippen molar-refractivity contribution in [1.29, 1.82) is 0 Å². The molecule has 0 aliphatic heterocycles. The predicted molar refractivity (Wildman–Crippen MR) is 378 cm³/mol. The van der Waals surface area contributed by atoms with Gasteiger partial charge in [-0.2, -0.15) is 0 Å². The van der Waals surface area contributed by atoms with Crippen LogP contribution in [0.25, 0.3) is 0 Å². The maximum Gasteiger partial charge on any atom is 0.268 e. The summed E-state index contributed by atoms with van der Waals surface area (Å²) < 4.78 is 125. The molecular formula is C64H148O24P6-6. The lowest BCUT2D eigenvalue weighted by Crippen LogP contribution is -2.23. The van der Waals surface area contributed by atoms with Crippen molar-refractivity contribution in [1.82, 2.24) is 0 Å². The first kappa shape index (κ1) is 116. The van der Waals surface area contributed by atoms with Crippen molar-refractivity contribution >= 4 is 46.9 Å². The van der Waals surface area contributed by atoms with Gasteiger partial charge in [0, 0.05) is 0 Å². The van der Waals surface area contributed by atoms with Crippen molar-refractivity contribution in [3.05, 3.63) is 0 Å². The van der Waals surface area contributed by atoms with Crippen molar-refractivity contribution < 1.29 is 111 Å². The molecule has 6 atom stereocenters. The van der Waals surface area contributed by atoms with E-state index in [0.717, 1.165) is 0 Å². The fourth-order valence-corrected chi connectivity index (χ4v) is 11.2. The SMILES string of the molecule is C.C.C.C.CC(C)(C)CCOP(=O)([O-])OC(C)(C)C.CC(C)(C)CCOP(=O)([O-])OC(C)(C)C.CC(C)(C)CCOP(=O)([O-])OC(C)(C)C.CC(C)(C)CCOP(=O)([O-])OC(C)(C)C.CC(C)(C)CCOP(=O)([O-])OC(C)(C)C.CC(C)(C)CCOP(=O)([O-])OC(C)(C)C. The molecule has 0 N–H and O–H groups in total. The number of rotatable bonds is 24. The topological polar surface area (TPSA) is 352 Å². The van der Waals surface area contributed by atoms with Gasteiger partial charge in [-0.25, -0.2) is 0 Å². The lowest BCUT2D eigenvalue weighted by Gasteiger charge is -2.31. The summed E-state index contributed by atoms with van der Waals surface area (Å²) in [6.07, 6.45) is 4.04. The van der Waals surface area contributed by atoms with Crippen molar-refractivity contribution in [3.63, 3.8) is 0 Å². The minimum atomic E-state index is -4.15. The van der Waals surface area contributed by atoms with Crippen LogP contribution in [0.15, 0.2) is 0 Å². The van der Waals surface area contributed by atoms with Crippen molar-refractivity contribution in [2.45, 2.75) is 351 Å². The van der Waals surface area contributed by atoms with E-state index in [0.29, 0.717) is 38.5 Å². The number of hydrogen-bond acceptors (Lipinski definition) is 24. The minimum absolute atomic E-state index is 0. The summed E-state index contributed by atoms with van der Waals surface area (Å²) in [6, 6.07) is 0. The summed E-state index contributed by atoms with van der Waals surface area (Å²) in [6.45, 7) is 67.5. The third-order valence-corrected chi connectivity index (χ3v) is 16.5. The normalized spacial score (nSPS) is 16.8. The molecule has 0 fully saturated rings. The van der Waals surface area contributed by atoms with Crippen molar-refractivity contribution in [2.24, 2.45) is 32.5 Å². The zero-order valence-corrected chi connectivity index (χ0v) is 68.3. The number of hydrogen-bond donors (Lipinski definition) is 0. The zero-order chi connectivity index (χ0) is 74.0. The second-order valence-electron chi connectivity index (χ2n) is 34.8. The molecule has 0 radical (unpaired) electrons.